The Hall–Kier alpha value is -2.83. The number of amides is 2. The van der Waals surface area contributed by atoms with E-state index in [4.69, 9.17) is 4.74 Å². The van der Waals surface area contributed by atoms with Gasteiger partial charge in [0.05, 0.1) is 5.56 Å². The molecule has 3 heterocycles. The summed E-state index contributed by atoms with van der Waals surface area (Å²) < 4.78 is 6.91. The van der Waals surface area contributed by atoms with E-state index in [2.05, 4.69) is 10.4 Å². The fraction of sp³-hybridized carbons (Fsp3) is 0.421. The first kappa shape index (κ1) is 16.6. The summed E-state index contributed by atoms with van der Waals surface area (Å²) in [6, 6.07) is 7.35. The number of rotatable bonds is 4. The summed E-state index contributed by atoms with van der Waals surface area (Å²) in [6.45, 7) is 1.86. The average Bonchev–Trinajstić information content (AvgIpc) is 3.30. The summed E-state index contributed by atoms with van der Waals surface area (Å²) in [4.78, 5) is 26.4. The number of ether oxygens (including phenoxy) is 1. The Balaban J connectivity index is 1.42. The number of urea groups is 1. The largest absolute Gasteiger partial charge is 0.457 e. The number of hydrogen-bond donors (Lipinski definition) is 1. The number of anilines is 1. The van der Waals surface area contributed by atoms with Crippen molar-refractivity contribution in [2.75, 3.05) is 11.9 Å². The lowest BCUT2D eigenvalue weighted by Crippen LogP contribution is -2.46. The predicted octanol–water partition coefficient (Wildman–Crippen LogP) is 3.03. The molecule has 1 unspecified atom stereocenters. The quantitative estimate of drug-likeness (QED) is 0.856. The lowest BCUT2D eigenvalue weighted by atomic mass is 10.00. The summed E-state index contributed by atoms with van der Waals surface area (Å²) in [5, 5.41) is 7.17. The molecule has 7 nitrogen and oxygen atoms in total. The van der Waals surface area contributed by atoms with Crippen LogP contribution in [0.3, 0.4) is 0 Å². The molecule has 1 fully saturated rings. The van der Waals surface area contributed by atoms with E-state index < -0.39 is 0 Å². The number of benzene rings is 1. The van der Waals surface area contributed by atoms with Gasteiger partial charge in [-0.15, -0.1) is 0 Å². The van der Waals surface area contributed by atoms with Crippen LogP contribution in [0.4, 0.5) is 10.5 Å². The van der Waals surface area contributed by atoms with Gasteiger partial charge in [0.25, 0.3) is 0 Å². The van der Waals surface area contributed by atoms with Gasteiger partial charge in [-0.1, -0.05) is 6.07 Å². The third kappa shape index (κ3) is 3.42. The number of likely N-dealkylation sites (tertiary alicyclic amines) is 1. The van der Waals surface area contributed by atoms with Crippen molar-refractivity contribution in [3.63, 3.8) is 0 Å². The van der Waals surface area contributed by atoms with Crippen molar-refractivity contribution in [2.45, 2.75) is 44.9 Å². The molecule has 2 aliphatic heterocycles. The van der Waals surface area contributed by atoms with Crippen LogP contribution in [0.1, 0.15) is 41.6 Å². The number of carbonyl (C=O) groups excluding carboxylic acids is 2. The second-order valence-corrected chi connectivity index (χ2v) is 6.78. The number of aryl methyl sites for hydroxylation is 1. The van der Waals surface area contributed by atoms with Crippen molar-refractivity contribution in [1.82, 2.24) is 14.7 Å². The van der Waals surface area contributed by atoms with Gasteiger partial charge in [0.15, 0.2) is 0 Å². The monoisotopic (exact) mass is 354 g/mol. The van der Waals surface area contributed by atoms with Crippen LogP contribution < -0.4 is 5.32 Å². The summed E-state index contributed by atoms with van der Waals surface area (Å²) in [7, 11) is 0. The molecule has 1 atom stereocenters. The number of piperidine rings is 1. The molecule has 1 N–H and O–H groups in total. The highest BCUT2D eigenvalue weighted by molar-refractivity contribution is 5.96. The number of nitrogens with one attached hydrogen (secondary N) is 1. The van der Waals surface area contributed by atoms with Crippen molar-refractivity contribution in [3.05, 3.63) is 47.8 Å². The molecule has 1 aromatic heterocycles. The zero-order valence-corrected chi connectivity index (χ0v) is 14.6. The molecule has 0 spiro atoms. The predicted molar refractivity (Wildman–Crippen MR) is 95.8 cm³/mol. The van der Waals surface area contributed by atoms with Gasteiger partial charge in [0, 0.05) is 42.8 Å². The van der Waals surface area contributed by atoms with E-state index >= 15 is 0 Å². The molecule has 1 saturated heterocycles. The number of aromatic nitrogens is 2. The third-order valence-corrected chi connectivity index (χ3v) is 5.08. The number of fused-ring (bicyclic) bond motifs is 1. The number of nitrogens with zero attached hydrogens (tertiary/aromatic N) is 3. The van der Waals surface area contributed by atoms with Crippen LogP contribution in [0, 0.1) is 0 Å². The minimum absolute atomic E-state index is 0.110. The van der Waals surface area contributed by atoms with E-state index in [0.717, 1.165) is 44.3 Å². The maximum atomic E-state index is 12.8. The van der Waals surface area contributed by atoms with Gasteiger partial charge < -0.3 is 15.0 Å². The summed E-state index contributed by atoms with van der Waals surface area (Å²) >= 11 is 0. The van der Waals surface area contributed by atoms with Crippen LogP contribution in [-0.4, -0.2) is 39.3 Å². The molecule has 7 heteroatoms. The molecule has 2 aliphatic rings. The van der Waals surface area contributed by atoms with Crippen molar-refractivity contribution >= 4 is 17.7 Å². The van der Waals surface area contributed by atoms with Crippen LogP contribution in [0.15, 0.2) is 36.7 Å². The molecule has 4 rings (SSSR count). The average molecular weight is 354 g/mol. The Morgan fingerprint density at radius 1 is 1.35 bits per heavy atom. The Morgan fingerprint density at radius 3 is 3.12 bits per heavy atom. The molecule has 1 aromatic carbocycles. The maximum Gasteiger partial charge on any atom is 0.338 e. The van der Waals surface area contributed by atoms with Crippen molar-refractivity contribution in [1.29, 1.82) is 0 Å². The second-order valence-electron chi connectivity index (χ2n) is 6.78. The van der Waals surface area contributed by atoms with E-state index in [1.165, 1.54) is 0 Å². The van der Waals surface area contributed by atoms with Crippen LogP contribution in [0.25, 0.3) is 0 Å². The minimum atomic E-state index is -0.328. The highest BCUT2D eigenvalue weighted by atomic mass is 16.5. The number of carbonyl (C=O) groups is 2. The van der Waals surface area contributed by atoms with E-state index in [0.29, 0.717) is 17.9 Å². The molecular formula is C19H22N4O3. The lowest BCUT2D eigenvalue weighted by Gasteiger charge is -2.35. The summed E-state index contributed by atoms with van der Waals surface area (Å²) in [5.41, 5.74) is 2.03. The molecule has 0 bridgehead atoms. The van der Waals surface area contributed by atoms with Crippen molar-refractivity contribution in [3.8, 4) is 0 Å². The first-order valence-electron chi connectivity index (χ1n) is 9.06. The van der Waals surface area contributed by atoms with E-state index in [9.17, 15) is 9.59 Å². The summed E-state index contributed by atoms with van der Waals surface area (Å²) in [6.07, 6.45) is 7.75. The standard InChI is InChI=1S/C19H22N4O3/c24-18-17-12-15(6-5-14(17)13-26-18)21-19(25)23-10-2-1-4-16(23)7-11-22-9-3-8-20-22/h3,5-6,8-9,12,16H,1-2,4,7,10-11,13H2,(H,21,25). The molecule has 0 radical (unpaired) electrons. The first-order chi connectivity index (χ1) is 12.7. The van der Waals surface area contributed by atoms with Gasteiger partial charge in [-0.2, -0.15) is 5.10 Å². The van der Waals surface area contributed by atoms with Crippen molar-refractivity contribution in [2.24, 2.45) is 0 Å². The first-order valence-corrected chi connectivity index (χ1v) is 9.06. The minimum Gasteiger partial charge on any atom is -0.457 e. The van der Waals surface area contributed by atoms with Crippen LogP contribution in [-0.2, 0) is 17.9 Å². The smallest absolute Gasteiger partial charge is 0.338 e. The molecule has 26 heavy (non-hydrogen) atoms. The zero-order valence-electron chi connectivity index (χ0n) is 14.6. The van der Waals surface area contributed by atoms with E-state index in [1.54, 1.807) is 12.3 Å². The molecule has 2 amide bonds. The Morgan fingerprint density at radius 2 is 2.27 bits per heavy atom. The van der Waals surface area contributed by atoms with Crippen LogP contribution >= 0.6 is 0 Å². The van der Waals surface area contributed by atoms with Gasteiger partial charge in [0.1, 0.15) is 6.61 Å². The van der Waals surface area contributed by atoms with Gasteiger partial charge >= 0.3 is 12.0 Å². The molecular weight excluding hydrogens is 332 g/mol. The second kappa shape index (κ2) is 7.19. The van der Waals surface area contributed by atoms with E-state index in [-0.39, 0.29) is 18.0 Å². The summed E-state index contributed by atoms with van der Waals surface area (Å²) in [5.74, 6) is -0.328. The van der Waals surface area contributed by atoms with Gasteiger partial charge in [0.2, 0.25) is 0 Å². The Labute approximate surface area is 151 Å². The molecule has 0 saturated carbocycles. The number of esters is 1. The Bertz CT molecular complexity index is 803. The highest BCUT2D eigenvalue weighted by Crippen LogP contribution is 2.25. The topological polar surface area (TPSA) is 76.5 Å². The van der Waals surface area contributed by atoms with E-state index in [1.807, 2.05) is 34.0 Å². The maximum absolute atomic E-state index is 12.8. The van der Waals surface area contributed by atoms with Crippen molar-refractivity contribution < 1.29 is 14.3 Å². The molecule has 2 aromatic rings. The van der Waals surface area contributed by atoms with Gasteiger partial charge in [-0.05, 0) is 43.9 Å². The molecule has 136 valence electrons. The normalized spacial score (nSPS) is 19.2. The Kier molecular flexibility index (Phi) is 4.60. The SMILES string of the molecule is O=C1OCc2ccc(NC(=O)N3CCCCC3CCn3cccn3)cc21. The fourth-order valence-corrected chi connectivity index (χ4v) is 3.67. The number of hydrogen-bond acceptors (Lipinski definition) is 4. The fourth-order valence-electron chi connectivity index (χ4n) is 3.67. The zero-order chi connectivity index (χ0) is 17.9. The number of cyclic esters (lactones) is 1. The van der Waals surface area contributed by atoms with Gasteiger partial charge in [-0.25, -0.2) is 9.59 Å². The highest BCUT2D eigenvalue weighted by Gasteiger charge is 2.27. The van der Waals surface area contributed by atoms with Crippen LogP contribution in [0.5, 0.6) is 0 Å². The van der Waals surface area contributed by atoms with Gasteiger partial charge in [-0.3, -0.25) is 4.68 Å². The third-order valence-electron chi connectivity index (χ3n) is 5.08. The molecule has 0 aliphatic carbocycles. The lowest BCUT2D eigenvalue weighted by molar-refractivity contribution is 0.0535. The van der Waals surface area contributed by atoms with Crippen LogP contribution in [0.2, 0.25) is 0 Å².